The topological polar surface area (TPSA) is 84.0 Å². The number of hydrogen-bond donors (Lipinski definition) is 0. The molecule has 0 unspecified atom stereocenters. The van der Waals surface area contributed by atoms with Crippen molar-refractivity contribution in [1.82, 2.24) is 4.90 Å². The largest absolute Gasteiger partial charge is 0.452 e. The summed E-state index contributed by atoms with van der Waals surface area (Å²) in [5.41, 5.74) is 1.75. The van der Waals surface area contributed by atoms with Crippen molar-refractivity contribution in [3.05, 3.63) is 87.1 Å². The summed E-state index contributed by atoms with van der Waals surface area (Å²) >= 11 is 1.54. The number of nitrogens with zero attached hydrogens (tertiary/aromatic N) is 2. The maximum atomic E-state index is 12.9. The third-order valence-corrected chi connectivity index (χ3v) is 6.07. The molecule has 0 fully saturated rings. The molecule has 1 aliphatic rings. The Balaban J connectivity index is 1.45. The van der Waals surface area contributed by atoms with Crippen LogP contribution in [0.4, 0.5) is 5.69 Å². The number of imide groups is 1. The summed E-state index contributed by atoms with van der Waals surface area (Å²) < 4.78 is 5.15. The molecular weight excluding hydrogens is 428 g/mol. The van der Waals surface area contributed by atoms with Crippen molar-refractivity contribution in [3.8, 4) is 0 Å². The van der Waals surface area contributed by atoms with Gasteiger partial charge in [0.2, 0.25) is 0 Å². The van der Waals surface area contributed by atoms with Crippen LogP contribution in [0, 0.1) is 6.92 Å². The van der Waals surface area contributed by atoms with Crippen molar-refractivity contribution in [2.24, 2.45) is 0 Å². The van der Waals surface area contributed by atoms with E-state index in [0.29, 0.717) is 12.2 Å². The lowest BCUT2D eigenvalue weighted by molar-refractivity contribution is -0.133. The SMILES string of the molecule is Cc1ccccc1N1C(=O)c2ccc(C(=O)OCC(=O)N(C)Cc3cccs3)cc2C1=O. The minimum atomic E-state index is -0.736. The second-order valence-electron chi connectivity index (χ2n) is 7.40. The first-order chi connectivity index (χ1) is 15.4. The third-order valence-electron chi connectivity index (χ3n) is 5.20. The highest BCUT2D eigenvalue weighted by molar-refractivity contribution is 7.09. The van der Waals surface area contributed by atoms with Crippen LogP contribution in [0.3, 0.4) is 0 Å². The van der Waals surface area contributed by atoms with Crippen molar-refractivity contribution in [2.75, 3.05) is 18.6 Å². The van der Waals surface area contributed by atoms with Crippen LogP contribution in [-0.4, -0.2) is 42.2 Å². The van der Waals surface area contributed by atoms with Crippen molar-refractivity contribution in [3.63, 3.8) is 0 Å². The van der Waals surface area contributed by atoms with E-state index in [1.807, 2.05) is 36.6 Å². The van der Waals surface area contributed by atoms with E-state index in [-0.39, 0.29) is 22.6 Å². The van der Waals surface area contributed by atoms with E-state index < -0.39 is 24.4 Å². The fourth-order valence-electron chi connectivity index (χ4n) is 3.45. The molecule has 7 nitrogen and oxygen atoms in total. The lowest BCUT2D eigenvalue weighted by Gasteiger charge is -2.16. The van der Waals surface area contributed by atoms with Gasteiger partial charge < -0.3 is 9.64 Å². The maximum Gasteiger partial charge on any atom is 0.338 e. The summed E-state index contributed by atoms with van der Waals surface area (Å²) in [6.45, 7) is 1.83. The molecule has 2 heterocycles. The van der Waals surface area contributed by atoms with Gasteiger partial charge in [-0.2, -0.15) is 0 Å². The Labute approximate surface area is 188 Å². The Hall–Kier alpha value is -3.78. The number of hydrogen-bond acceptors (Lipinski definition) is 6. The number of likely N-dealkylation sites (N-methyl/N-ethyl adjacent to an activating group) is 1. The first kappa shape index (κ1) is 21.5. The molecule has 2 aromatic carbocycles. The van der Waals surface area contributed by atoms with Gasteiger partial charge in [-0.25, -0.2) is 9.69 Å². The number of fused-ring (bicyclic) bond motifs is 1. The number of carbonyl (C=O) groups excluding carboxylic acids is 4. The van der Waals surface area contributed by atoms with Gasteiger partial charge in [-0.3, -0.25) is 14.4 Å². The summed E-state index contributed by atoms with van der Waals surface area (Å²) in [6.07, 6.45) is 0. The Bertz CT molecular complexity index is 1220. The number of aryl methyl sites for hydroxylation is 1. The smallest absolute Gasteiger partial charge is 0.338 e. The molecule has 0 atom stereocenters. The van der Waals surface area contributed by atoms with Gasteiger partial charge in [-0.15, -0.1) is 11.3 Å². The summed E-state index contributed by atoms with van der Waals surface area (Å²) in [5, 5.41) is 1.92. The molecule has 0 spiro atoms. The Kier molecular flexibility index (Phi) is 5.87. The van der Waals surface area contributed by atoms with E-state index in [4.69, 9.17) is 4.74 Å². The normalized spacial score (nSPS) is 12.6. The number of esters is 1. The first-order valence-electron chi connectivity index (χ1n) is 9.88. The van der Waals surface area contributed by atoms with E-state index in [9.17, 15) is 19.2 Å². The van der Waals surface area contributed by atoms with Gasteiger partial charge in [0.1, 0.15) is 0 Å². The molecule has 1 aliphatic heterocycles. The number of rotatable bonds is 6. The van der Waals surface area contributed by atoms with E-state index in [0.717, 1.165) is 15.3 Å². The van der Waals surface area contributed by atoms with Crippen LogP contribution in [0.15, 0.2) is 60.0 Å². The van der Waals surface area contributed by atoms with Gasteiger partial charge in [-0.05, 0) is 48.2 Å². The minimum Gasteiger partial charge on any atom is -0.452 e. The van der Waals surface area contributed by atoms with E-state index in [2.05, 4.69) is 0 Å². The molecule has 162 valence electrons. The molecule has 0 bridgehead atoms. The monoisotopic (exact) mass is 448 g/mol. The van der Waals surface area contributed by atoms with Crippen LogP contribution < -0.4 is 4.90 Å². The van der Waals surface area contributed by atoms with Gasteiger partial charge in [0.05, 0.1) is 28.9 Å². The summed E-state index contributed by atoms with van der Waals surface area (Å²) in [4.78, 5) is 54.1. The quantitative estimate of drug-likeness (QED) is 0.424. The second-order valence-corrected chi connectivity index (χ2v) is 8.43. The highest BCUT2D eigenvalue weighted by atomic mass is 32.1. The maximum absolute atomic E-state index is 12.9. The number of carbonyl (C=O) groups is 4. The highest BCUT2D eigenvalue weighted by Gasteiger charge is 2.37. The average molecular weight is 449 g/mol. The van der Waals surface area contributed by atoms with Crippen LogP contribution in [0.1, 0.15) is 41.5 Å². The molecular formula is C24H20N2O5S. The molecule has 4 rings (SSSR count). The van der Waals surface area contributed by atoms with Crippen LogP contribution in [0.2, 0.25) is 0 Å². The molecule has 32 heavy (non-hydrogen) atoms. The van der Waals surface area contributed by atoms with E-state index in [1.165, 1.54) is 34.4 Å². The molecule has 0 radical (unpaired) electrons. The van der Waals surface area contributed by atoms with Crippen LogP contribution >= 0.6 is 11.3 Å². The number of thiophene rings is 1. The zero-order valence-electron chi connectivity index (χ0n) is 17.5. The number of ether oxygens (including phenoxy) is 1. The predicted octanol–water partition coefficient (Wildman–Crippen LogP) is 3.67. The number of anilines is 1. The van der Waals surface area contributed by atoms with E-state index in [1.54, 1.807) is 19.2 Å². The van der Waals surface area contributed by atoms with Gasteiger partial charge >= 0.3 is 5.97 Å². The van der Waals surface area contributed by atoms with Crippen LogP contribution in [-0.2, 0) is 16.1 Å². The lowest BCUT2D eigenvalue weighted by Crippen LogP contribution is -2.30. The van der Waals surface area contributed by atoms with Crippen molar-refractivity contribution in [1.29, 1.82) is 0 Å². The van der Waals surface area contributed by atoms with Gasteiger partial charge in [0.25, 0.3) is 17.7 Å². The fraction of sp³-hybridized carbons (Fsp3) is 0.167. The van der Waals surface area contributed by atoms with E-state index >= 15 is 0 Å². The fourth-order valence-corrected chi connectivity index (χ4v) is 4.20. The summed E-state index contributed by atoms with van der Waals surface area (Å²) in [7, 11) is 1.63. The minimum absolute atomic E-state index is 0.102. The van der Waals surface area contributed by atoms with Gasteiger partial charge in [-0.1, -0.05) is 24.3 Å². The number of amides is 3. The standard InChI is InChI=1S/C24H20N2O5S/c1-15-6-3-4-8-20(15)26-22(28)18-10-9-16(12-19(18)23(26)29)24(30)31-14-21(27)25(2)13-17-7-5-11-32-17/h3-12H,13-14H2,1-2H3. The Morgan fingerprint density at radius 3 is 2.47 bits per heavy atom. The molecule has 1 aromatic heterocycles. The summed E-state index contributed by atoms with van der Waals surface area (Å²) in [5.74, 6) is -2.02. The molecule has 8 heteroatoms. The molecule has 0 saturated carbocycles. The molecule has 3 amide bonds. The van der Waals surface area contributed by atoms with Crippen LogP contribution in [0.5, 0.6) is 0 Å². The zero-order chi connectivity index (χ0) is 22.8. The Morgan fingerprint density at radius 1 is 1.00 bits per heavy atom. The third kappa shape index (κ3) is 4.04. The molecule has 0 N–H and O–H groups in total. The summed E-state index contributed by atoms with van der Waals surface area (Å²) in [6, 6.07) is 15.1. The Morgan fingerprint density at radius 2 is 1.75 bits per heavy atom. The molecule has 3 aromatic rings. The predicted molar refractivity (Wildman–Crippen MR) is 120 cm³/mol. The second kappa shape index (κ2) is 8.76. The molecule has 0 aliphatic carbocycles. The van der Waals surface area contributed by atoms with Crippen LogP contribution in [0.25, 0.3) is 0 Å². The first-order valence-corrected chi connectivity index (χ1v) is 10.8. The van der Waals surface area contributed by atoms with Gasteiger partial charge in [0.15, 0.2) is 6.61 Å². The number of benzene rings is 2. The lowest BCUT2D eigenvalue weighted by atomic mass is 10.1. The van der Waals surface area contributed by atoms with Crippen molar-refractivity contribution >= 4 is 40.7 Å². The average Bonchev–Trinajstić information content (AvgIpc) is 3.38. The van der Waals surface area contributed by atoms with Crippen molar-refractivity contribution in [2.45, 2.75) is 13.5 Å². The van der Waals surface area contributed by atoms with Gasteiger partial charge in [0, 0.05) is 11.9 Å². The highest BCUT2D eigenvalue weighted by Crippen LogP contribution is 2.31. The number of para-hydroxylation sites is 1. The molecule has 0 saturated heterocycles. The zero-order valence-corrected chi connectivity index (χ0v) is 18.3. The van der Waals surface area contributed by atoms with Crippen molar-refractivity contribution < 1.29 is 23.9 Å².